The maximum absolute atomic E-state index is 13.5. The van der Waals surface area contributed by atoms with Crippen molar-refractivity contribution in [1.29, 1.82) is 0 Å². The zero-order chi connectivity index (χ0) is 30.2. The average Bonchev–Trinajstić information content (AvgIpc) is 3.02. The number of carbonyl (C=O) groups is 2. The van der Waals surface area contributed by atoms with Crippen molar-refractivity contribution >= 4 is 17.5 Å². The summed E-state index contributed by atoms with van der Waals surface area (Å²) >= 11 is 0. The Balaban J connectivity index is 1.34. The van der Waals surface area contributed by atoms with E-state index in [1.807, 2.05) is 68.6 Å². The summed E-state index contributed by atoms with van der Waals surface area (Å²) in [5.74, 6) is 1.24. The summed E-state index contributed by atoms with van der Waals surface area (Å²) in [5.41, 5.74) is 2.31. The Hall–Kier alpha value is -4.73. The fraction of sp³-hybridized carbons (Fsp3) is 0.265. The number of amides is 2. The number of anilines is 1. The van der Waals surface area contributed by atoms with Crippen LogP contribution >= 0.6 is 0 Å². The first-order valence-electron chi connectivity index (χ1n) is 14.3. The first kappa shape index (κ1) is 29.8. The molecular formula is C34H36N4O5. The van der Waals surface area contributed by atoms with Gasteiger partial charge in [-0.3, -0.25) is 19.5 Å². The van der Waals surface area contributed by atoms with Crippen LogP contribution in [0.4, 0.5) is 5.69 Å². The van der Waals surface area contributed by atoms with Gasteiger partial charge in [0.1, 0.15) is 17.6 Å². The van der Waals surface area contributed by atoms with Crippen LogP contribution < -0.4 is 14.8 Å². The summed E-state index contributed by atoms with van der Waals surface area (Å²) in [5, 5.41) is 12.6. The number of nitrogens with one attached hydrogen (secondary N) is 1. The highest BCUT2D eigenvalue weighted by Crippen LogP contribution is 2.35. The highest BCUT2D eigenvalue weighted by atomic mass is 16.5. The molecule has 9 heteroatoms. The van der Waals surface area contributed by atoms with E-state index in [0.717, 1.165) is 17.1 Å². The number of aromatic nitrogens is 1. The molecule has 0 fully saturated rings. The lowest BCUT2D eigenvalue weighted by Gasteiger charge is -2.36. The summed E-state index contributed by atoms with van der Waals surface area (Å²) in [6.07, 6.45) is 2.79. The van der Waals surface area contributed by atoms with Gasteiger partial charge in [0.15, 0.2) is 5.75 Å². The molecule has 2 heterocycles. The van der Waals surface area contributed by atoms with Crippen LogP contribution in [0, 0.1) is 5.92 Å². The third-order valence-electron chi connectivity index (χ3n) is 7.35. The van der Waals surface area contributed by atoms with Gasteiger partial charge in [0.05, 0.1) is 17.9 Å². The molecule has 43 heavy (non-hydrogen) atoms. The molecule has 1 aliphatic rings. The number of aliphatic hydroxyl groups excluding tert-OH is 1. The van der Waals surface area contributed by atoms with Crippen LogP contribution in [-0.2, 0) is 6.54 Å². The number of fused-ring (bicyclic) bond motifs is 1. The molecule has 2 N–H and O–H groups in total. The number of hydrogen-bond acceptors (Lipinski definition) is 7. The maximum Gasteiger partial charge on any atom is 0.257 e. The van der Waals surface area contributed by atoms with Crippen molar-refractivity contribution in [2.45, 2.75) is 19.6 Å². The standard InChI is InChI=1S/C34H36N4O5/c1-24-21-38(19-20-39)34(41)29-9-6-10-30(36-33(40)26-15-17-35-18-16-26)32(29)43-31(24)23-37(2)22-25-11-13-28(14-12-25)42-27-7-4-3-5-8-27/h3-18,24,31,39H,19-23H2,1-2H3,(H,36,40)/t24-,31+/m1/s1. The van der Waals surface area contributed by atoms with E-state index in [1.54, 1.807) is 47.6 Å². The van der Waals surface area contributed by atoms with E-state index in [4.69, 9.17) is 9.47 Å². The van der Waals surface area contributed by atoms with Crippen LogP contribution in [0.25, 0.3) is 0 Å². The van der Waals surface area contributed by atoms with Gasteiger partial charge in [0.25, 0.3) is 11.8 Å². The molecule has 1 aromatic heterocycles. The fourth-order valence-electron chi connectivity index (χ4n) is 5.12. The molecule has 0 unspecified atom stereocenters. The number of aliphatic hydroxyl groups is 1. The zero-order valence-electron chi connectivity index (χ0n) is 24.3. The normalized spacial score (nSPS) is 16.6. The van der Waals surface area contributed by atoms with Crippen LogP contribution in [0.5, 0.6) is 17.2 Å². The van der Waals surface area contributed by atoms with Crippen LogP contribution in [0.3, 0.4) is 0 Å². The number of carbonyl (C=O) groups excluding carboxylic acids is 2. The van der Waals surface area contributed by atoms with Crippen molar-refractivity contribution < 1.29 is 24.2 Å². The third-order valence-corrected chi connectivity index (χ3v) is 7.35. The SMILES string of the molecule is C[C@@H]1CN(CCO)C(=O)c2cccc(NC(=O)c3ccncc3)c2O[C@H]1CN(C)Cc1ccc(Oc2ccccc2)cc1. The molecule has 4 aromatic rings. The second-order valence-corrected chi connectivity index (χ2v) is 10.7. The molecule has 222 valence electrons. The molecule has 1 aliphatic heterocycles. The molecule has 3 aromatic carbocycles. The number of pyridine rings is 1. The van der Waals surface area contributed by atoms with Crippen molar-refractivity contribution in [2.24, 2.45) is 5.92 Å². The van der Waals surface area contributed by atoms with E-state index in [1.165, 1.54) is 0 Å². The Labute approximate surface area is 251 Å². The molecular weight excluding hydrogens is 544 g/mol. The van der Waals surface area contributed by atoms with Crippen LogP contribution in [-0.4, -0.2) is 71.1 Å². The molecule has 0 spiro atoms. The van der Waals surface area contributed by atoms with Crippen LogP contribution in [0.15, 0.2) is 97.3 Å². The topological polar surface area (TPSA) is 104 Å². The van der Waals surface area contributed by atoms with E-state index in [-0.39, 0.29) is 37.0 Å². The number of β-amino-alcohol motifs (C(OH)–C–C–N with tert-alkyl or cyclic N) is 1. The van der Waals surface area contributed by atoms with Gasteiger partial charge in [-0.15, -0.1) is 0 Å². The highest BCUT2D eigenvalue weighted by Gasteiger charge is 2.32. The first-order valence-corrected chi connectivity index (χ1v) is 14.3. The van der Waals surface area contributed by atoms with Gasteiger partial charge < -0.3 is 24.8 Å². The smallest absolute Gasteiger partial charge is 0.257 e. The first-order chi connectivity index (χ1) is 20.9. The molecule has 2 amide bonds. The Kier molecular flexibility index (Phi) is 9.66. The molecule has 0 saturated carbocycles. The van der Waals surface area contributed by atoms with E-state index >= 15 is 0 Å². The minimum atomic E-state index is -0.331. The third kappa shape index (κ3) is 7.57. The summed E-state index contributed by atoms with van der Waals surface area (Å²) in [7, 11) is 2.03. The van der Waals surface area contributed by atoms with Crippen molar-refractivity contribution in [1.82, 2.24) is 14.8 Å². The van der Waals surface area contributed by atoms with Gasteiger partial charge in [-0.05, 0) is 61.1 Å². The van der Waals surface area contributed by atoms with E-state index in [9.17, 15) is 14.7 Å². The summed E-state index contributed by atoms with van der Waals surface area (Å²) in [6.45, 7) is 3.75. The zero-order valence-corrected chi connectivity index (χ0v) is 24.3. The van der Waals surface area contributed by atoms with Gasteiger partial charge in [-0.2, -0.15) is 0 Å². The number of rotatable bonds is 10. The molecule has 0 saturated heterocycles. The van der Waals surface area contributed by atoms with E-state index < -0.39 is 0 Å². The van der Waals surface area contributed by atoms with Crippen LogP contribution in [0.1, 0.15) is 33.2 Å². The molecule has 0 bridgehead atoms. The summed E-state index contributed by atoms with van der Waals surface area (Å²) < 4.78 is 12.5. The lowest BCUT2D eigenvalue weighted by Crippen LogP contribution is -2.47. The van der Waals surface area contributed by atoms with Gasteiger partial charge >= 0.3 is 0 Å². The number of likely N-dealkylation sites (N-methyl/N-ethyl adjacent to an activating group) is 1. The number of ether oxygens (including phenoxy) is 2. The second kappa shape index (κ2) is 14.0. The molecule has 0 aliphatic carbocycles. The lowest BCUT2D eigenvalue weighted by molar-refractivity contribution is 0.0459. The summed E-state index contributed by atoms with van der Waals surface area (Å²) in [6, 6.07) is 26.0. The summed E-state index contributed by atoms with van der Waals surface area (Å²) in [4.78, 5) is 34.4. The average molecular weight is 581 g/mol. The number of nitrogens with zero attached hydrogens (tertiary/aromatic N) is 3. The minimum absolute atomic E-state index is 0.0586. The molecule has 5 rings (SSSR count). The van der Waals surface area contributed by atoms with Gasteiger partial charge in [-0.1, -0.05) is 43.3 Å². The van der Waals surface area contributed by atoms with Gasteiger partial charge in [0.2, 0.25) is 0 Å². The minimum Gasteiger partial charge on any atom is -0.486 e. The highest BCUT2D eigenvalue weighted by molar-refractivity contribution is 6.07. The molecule has 0 radical (unpaired) electrons. The van der Waals surface area contributed by atoms with Crippen molar-refractivity contribution in [3.05, 3.63) is 114 Å². The number of benzene rings is 3. The van der Waals surface area contributed by atoms with E-state index in [0.29, 0.717) is 42.2 Å². The Morgan fingerprint density at radius 2 is 1.74 bits per heavy atom. The number of para-hydroxylation sites is 2. The predicted octanol–water partition coefficient (Wildman–Crippen LogP) is 5.09. The Morgan fingerprint density at radius 1 is 1.02 bits per heavy atom. The lowest BCUT2D eigenvalue weighted by atomic mass is 9.99. The quantitative estimate of drug-likeness (QED) is 0.269. The van der Waals surface area contributed by atoms with E-state index in [2.05, 4.69) is 15.2 Å². The number of hydrogen-bond donors (Lipinski definition) is 2. The van der Waals surface area contributed by atoms with Crippen molar-refractivity contribution in [3.63, 3.8) is 0 Å². The monoisotopic (exact) mass is 580 g/mol. The predicted molar refractivity (Wildman–Crippen MR) is 164 cm³/mol. The second-order valence-electron chi connectivity index (χ2n) is 10.7. The van der Waals surface area contributed by atoms with Gasteiger partial charge in [-0.25, -0.2) is 0 Å². The fourth-order valence-corrected chi connectivity index (χ4v) is 5.12. The van der Waals surface area contributed by atoms with Gasteiger partial charge in [0, 0.05) is 50.1 Å². The molecule has 9 nitrogen and oxygen atoms in total. The Morgan fingerprint density at radius 3 is 2.47 bits per heavy atom. The molecule has 2 atom stereocenters. The maximum atomic E-state index is 13.5. The van der Waals surface area contributed by atoms with Crippen LogP contribution in [0.2, 0.25) is 0 Å². The van der Waals surface area contributed by atoms with Crippen molar-refractivity contribution in [3.8, 4) is 17.2 Å². The van der Waals surface area contributed by atoms with Crippen molar-refractivity contribution in [2.75, 3.05) is 38.6 Å². The Bertz CT molecular complexity index is 1520. The largest absolute Gasteiger partial charge is 0.486 e.